The molecule has 104 valence electrons. The first-order valence-electron chi connectivity index (χ1n) is 6.07. The standard InChI is InChI=1S/C15H9FN2O3/c16-11-3-1-2-4-13(11)18-8-17-12-7-9(15(20)21)5-6-10(12)14(18)19/h1-8H,(H,20,21). The zero-order chi connectivity index (χ0) is 15.0. The maximum atomic E-state index is 13.8. The summed E-state index contributed by atoms with van der Waals surface area (Å²) in [5, 5.41) is 9.15. The summed E-state index contributed by atoms with van der Waals surface area (Å²) in [7, 11) is 0. The number of hydrogen-bond donors (Lipinski definition) is 1. The fraction of sp³-hybridized carbons (Fsp3) is 0. The smallest absolute Gasteiger partial charge is 0.335 e. The molecule has 0 bridgehead atoms. The molecule has 5 nitrogen and oxygen atoms in total. The van der Waals surface area contributed by atoms with Crippen molar-refractivity contribution in [2.45, 2.75) is 0 Å². The van der Waals surface area contributed by atoms with Crippen molar-refractivity contribution in [2.75, 3.05) is 0 Å². The summed E-state index contributed by atoms with van der Waals surface area (Å²) in [5.74, 6) is -1.64. The third kappa shape index (κ3) is 2.16. The van der Waals surface area contributed by atoms with Crippen LogP contribution < -0.4 is 5.56 Å². The lowest BCUT2D eigenvalue weighted by Gasteiger charge is -2.07. The number of para-hydroxylation sites is 1. The molecule has 0 amide bonds. The van der Waals surface area contributed by atoms with E-state index in [9.17, 15) is 14.0 Å². The van der Waals surface area contributed by atoms with Gasteiger partial charge in [0.1, 0.15) is 12.1 Å². The van der Waals surface area contributed by atoms with Gasteiger partial charge in [0.25, 0.3) is 5.56 Å². The third-order valence-electron chi connectivity index (χ3n) is 3.12. The van der Waals surface area contributed by atoms with Crippen molar-refractivity contribution in [2.24, 2.45) is 0 Å². The van der Waals surface area contributed by atoms with Crippen molar-refractivity contribution in [3.8, 4) is 5.69 Å². The Morgan fingerprint density at radius 3 is 2.67 bits per heavy atom. The molecule has 0 radical (unpaired) electrons. The molecule has 0 aliphatic rings. The predicted molar refractivity (Wildman–Crippen MR) is 74.3 cm³/mol. The number of carboxylic acid groups (broad SMARTS) is 1. The van der Waals surface area contributed by atoms with E-state index in [4.69, 9.17) is 5.11 Å². The molecular weight excluding hydrogens is 275 g/mol. The number of hydrogen-bond acceptors (Lipinski definition) is 3. The Labute approximate surface area is 117 Å². The van der Waals surface area contributed by atoms with Crippen LogP contribution in [0.5, 0.6) is 0 Å². The summed E-state index contributed by atoms with van der Waals surface area (Å²) < 4.78 is 14.9. The van der Waals surface area contributed by atoms with Crippen molar-refractivity contribution >= 4 is 16.9 Å². The molecule has 0 unspecified atom stereocenters. The van der Waals surface area contributed by atoms with Gasteiger partial charge in [0.15, 0.2) is 0 Å². The van der Waals surface area contributed by atoms with E-state index in [1.54, 1.807) is 6.07 Å². The number of rotatable bonds is 2. The highest BCUT2D eigenvalue weighted by molar-refractivity contribution is 5.92. The number of carboxylic acids is 1. The molecule has 3 rings (SSSR count). The maximum absolute atomic E-state index is 13.8. The fourth-order valence-corrected chi connectivity index (χ4v) is 2.07. The number of benzene rings is 2. The Hall–Kier alpha value is -3.02. The van der Waals surface area contributed by atoms with Crippen LogP contribution >= 0.6 is 0 Å². The molecule has 1 heterocycles. The number of aromatic nitrogens is 2. The van der Waals surface area contributed by atoms with Crippen molar-refractivity contribution in [1.82, 2.24) is 9.55 Å². The van der Waals surface area contributed by atoms with Gasteiger partial charge in [-0.3, -0.25) is 9.36 Å². The van der Waals surface area contributed by atoms with E-state index in [0.29, 0.717) is 0 Å². The van der Waals surface area contributed by atoms with E-state index in [-0.39, 0.29) is 22.2 Å². The average Bonchev–Trinajstić information content (AvgIpc) is 2.48. The highest BCUT2D eigenvalue weighted by Gasteiger charge is 2.11. The molecule has 0 fully saturated rings. The first-order chi connectivity index (χ1) is 10.1. The van der Waals surface area contributed by atoms with Crippen molar-refractivity contribution in [3.63, 3.8) is 0 Å². The van der Waals surface area contributed by atoms with Gasteiger partial charge in [-0.05, 0) is 30.3 Å². The van der Waals surface area contributed by atoms with Crippen LogP contribution in [0.4, 0.5) is 4.39 Å². The quantitative estimate of drug-likeness (QED) is 0.783. The van der Waals surface area contributed by atoms with Crippen LogP contribution in [0.15, 0.2) is 53.6 Å². The summed E-state index contributed by atoms with van der Waals surface area (Å²) in [5.41, 5.74) is -0.0632. The van der Waals surface area contributed by atoms with Crippen LogP contribution in [-0.2, 0) is 0 Å². The number of aromatic carboxylic acids is 1. The number of fused-ring (bicyclic) bond motifs is 1. The lowest BCUT2D eigenvalue weighted by atomic mass is 10.1. The van der Waals surface area contributed by atoms with E-state index in [2.05, 4.69) is 4.98 Å². The maximum Gasteiger partial charge on any atom is 0.335 e. The van der Waals surface area contributed by atoms with Crippen LogP contribution in [0.1, 0.15) is 10.4 Å². The average molecular weight is 284 g/mol. The van der Waals surface area contributed by atoms with Crippen molar-refractivity contribution < 1.29 is 14.3 Å². The van der Waals surface area contributed by atoms with E-state index < -0.39 is 17.3 Å². The summed E-state index contributed by atoms with van der Waals surface area (Å²) in [6.07, 6.45) is 1.19. The molecule has 3 aromatic rings. The zero-order valence-electron chi connectivity index (χ0n) is 10.7. The summed E-state index contributed by atoms with van der Waals surface area (Å²) in [6.45, 7) is 0. The number of halogens is 1. The second-order valence-electron chi connectivity index (χ2n) is 4.41. The van der Waals surface area contributed by atoms with E-state index >= 15 is 0 Å². The normalized spacial score (nSPS) is 10.7. The molecule has 1 aromatic heterocycles. The molecule has 0 saturated heterocycles. The largest absolute Gasteiger partial charge is 0.478 e. The lowest BCUT2D eigenvalue weighted by Crippen LogP contribution is -2.20. The van der Waals surface area contributed by atoms with Gasteiger partial charge in [-0.25, -0.2) is 14.2 Å². The second-order valence-corrected chi connectivity index (χ2v) is 4.41. The Balaban J connectivity index is 2.27. The first-order valence-corrected chi connectivity index (χ1v) is 6.07. The van der Waals surface area contributed by atoms with Gasteiger partial charge in [-0.2, -0.15) is 0 Å². The molecule has 0 atom stereocenters. The predicted octanol–water partition coefficient (Wildman–Crippen LogP) is 2.22. The van der Waals surface area contributed by atoms with Gasteiger partial charge in [-0.15, -0.1) is 0 Å². The molecule has 1 N–H and O–H groups in total. The van der Waals surface area contributed by atoms with Gasteiger partial charge in [0, 0.05) is 0 Å². The molecule has 6 heteroatoms. The summed E-state index contributed by atoms with van der Waals surface area (Å²) in [6, 6.07) is 9.87. The van der Waals surface area contributed by atoms with Gasteiger partial charge in [-0.1, -0.05) is 12.1 Å². The third-order valence-corrected chi connectivity index (χ3v) is 3.12. The van der Waals surface area contributed by atoms with Gasteiger partial charge >= 0.3 is 5.97 Å². The van der Waals surface area contributed by atoms with Gasteiger partial charge < -0.3 is 5.11 Å². The zero-order valence-corrected chi connectivity index (χ0v) is 10.7. The van der Waals surface area contributed by atoms with Crippen LogP contribution in [-0.4, -0.2) is 20.6 Å². The minimum Gasteiger partial charge on any atom is -0.478 e. The lowest BCUT2D eigenvalue weighted by molar-refractivity contribution is 0.0697. The monoisotopic (exact) mass is 284 g/mol. The minimum atomic E-state index is -1.10. The highest BCUT2D eigenvalue weighted by Crippen LogP contribution is 2.14. The van der Waals surface area contributed by atoms with E-state index in [1.807, 2.05) is 0 Å². The first kappa shape index (κ1) is 13.0. The van der Waals surface area contributed by atoms with Gasteiger partial charge in [0.05, 0.1) is 22.2 Å². The molecule has 0 spiro atoms. The van der Waals surface area contributed by atoms with E-state index in [0.717, 1.165) is 4.57 Å². The summed E-state index contributed by atoms with van der Waals surface area (Å²) in [4.78, 5) is 27.3. The second kappa shape index (κ2) is 4.82. The Kier molecular flexibility index (Phi) is 2.98. The Morgan fingerprint density at radius 1 is 1.19 bits per heavy atom. The Morgan fingerprint density at radius 2 is 1.95 bits per heavy atom. The van der Waals surface area contributed by atoms with E-state index in [1.165, 1.54) is 42.7 Å². The van der Waals surface area contributed by atoms with Crippen molar-refractivity contribution in [3.05, 3.63) is 70.5 Å². The van der Waals surface area contributed by atoms with Gasteiger partial charge in [0.2, 0.25) is 0 Å². The molecule has 0 aliphatic heterocycles. The SMILES string of the molecule is O=C(O)c1ccc2c(=O)n(-c3ccccc3F)cnc2c1. The Bertz CT molecular complexity index is 918. The topological polar surface area (TPSA) is 72.2 Å². The van der Waals surface area contributed by atoms with Crippen LogP contribution in [0.25, 0.3) is 16.6 Å². The number of carbonyl (C=O) groups is 1. The molecular formula is C15H9FN2O3. The minimum absolute atomic E-state index is 0.0399. The molecule has 0 saturated carbocycles. The molecule has 2 aromatic carbocycles. The highest BCUT2D eigenvalue weighted by atomic mass is 19.1. The van der Waals surface area contributed by atoms with Crippen LogP contribution in [0.3, 0.4) is 0 Å². The van der Waals surface area contributed by atoms with Crippen LogP contribution in [0, 0.1) is 5.82 Å². The fourth-order valence-electron chi connectivity index (χ4n) is 2.07. The van der Waals surface area contributed by atoms with Crippen molar-refractivity contribution in [1.29, 1.82) is 0 Å². The number of nitrogens with zero attached hydrogens (tertiary/aromatic N) is 2. The summed E-state index contributed by atoms with van der Waals surface area (Å²) >= 11 is 0. The molecule has 0 aliphatic carbocycles. The molecule has 21 heavy (non-hydrogen) atoms. The van der Waals surface area contributed by atoms with Crippen LogP contribution in [0.2, 0.25) is 0 Å².